The van der Waals surface area contributed by atoms with Crippen molar-refractivity contribution in [1.82, 2.24) is 9.97 Å². The average Bonchev–Trinajstić information content (AvgIpc) is 2.46. The third-order valence-electron chi connectivity index (χ3n) is 4.47. The van der Waals surface area contributed by atoms with Crippen LogP contribution in [0.4, 0.5) is 5.95 Å². The lowest BCUT2D eigenvalue weighted by Crippen LogP contribution is -2.46. The van der Waals surface area contributed by atoms with Gasteiger partial charge in [-0.1, -0.05) is 13.8 Å². The van der Waals surface area contributed by atoms with Gasteiger partial charge in [-0.2, -0.15) is 0 Å². The lowest BCUT2D eigenvalue weighted by molar-refractivity contribution is 0.0827. The molecule has 1 atom stereocenters. The van der Waals surface area contributed by atoms with Crippen LogP contribution in [0.15, 0.2) is 6.20 Å². The molecule has 1 aromatic rings. The van der Waals surface area contributed by atoms with E-state index in [-0.39, 0.29) is 17.8 Å². The molecule has 0 aliphatic carbocycles. The molecule has 122 valence electrons. The van der Waals surface area contributed by atoms with Gasteiger partial charge in [-0.15, -0.1) is 0 Å². The Hall–Kier alpha value is -1.49. The SMILES string of the molecule is CC(=O)c1cnc(N2CCCC(CO)(CC(C)C)C2)nc1C. The van der Waals surface area contributed by atoms with Crippen LogP contribution in [0.25, 0.3) is 0 Å². The minimum absolute atomic E-state index is 0.00722. The van der Waals surface area contributed by atoms with Crippen molar-refractivity contribution < 1.29 is 9.90 Å². The van der Waals surface area contributed by atoms with Gasteiger partial charge >= 0.3 is 0 Å². The lowest BCUT2D eigenvalue weighted by Gasteiger charge is -2.43. The summed E-state index contributed by atoms with van der Waals surface area (Å²) < 4.78 is 0. The Morgan fingerprint density at radius 3 is 2.77 bits per heavy atom. The molecule has 1 unspecified atom stereocenters. The molecule has 0 saturated carbocycles. The van der Waals surface area contributed by atoms with E-state index in [2.05, 4.69) is 28.7 Å². The van der Waals surface area contributed by atoms with Crippen LogP contribution in [-0.2, 0) is 0 Å². The van der Waals surface area contributed by atoms with Crippen molar-refractivity contribution in [3.05, 3.63) is 17.5 Å². The number of hydrogen-bond donors (Lipinski definition) is 1. The second-order valence-corrected chi connectivity index (χ2v) is 7.01. The van der Waals surface area contributed by atoms with Crippen LogP contribution in [-0.4, -0.2) is 40.6 Å². The number of rotatable bonds is 5. The second kappa shape index (κ2) is 6.73. The number of nitrogens with zero attached hydrogens (tertiary/aromatic N) is 3. The topological polar surface area (TPSA) is 66.3 Å². The van der Waals surface area contributed by atoms with Crippen molar-refractivity contribution in [2.24, 2.45) is 11.3 Å². The van der Waals surface area contributed by atoms with Gasteiger partial charge in [0.25, 0.3) is 0 Å². The molecular formula is C17H27N3O2. The standard InChI is InChI=1S/C17H27N3O2/c1-12(2)8-17(11-21)6-5-7-20(10-17)16-18-9-15(14(4)22)13(3)19-16/h9,12,21H,5-8,10-11H2,1-4H3. The first kappa shape index (κ1) is 16.9. The van der Waals surface area contributed by atoms with Crippen molar-refractivity contribution in [3.63, 3.8) is 0 Å². The maximum Gasteiger partial charge on any atom is 0.225 e. The zero-order chi connectivity index (χ0) is 16.3. The van der Waals surface area contributed by atoms with Gasteiger partial charge < -0.3 is 10.0 Å². The van der Waals surface area contributed by atoms with Gasteiger partial charge in [-0.3, -0.25) is 4.79 Å². The highest BCUT2D eigenvalue weighted by atomic mass is 16.3. The van der Waals surface area contributed by atoms with E-state index in [1.54, 1.807) is 6.20 Å². The molecular weight excluding hydrogens is 278 g/mol. The van der Waals surface area contributed by atoms with Crippen molar-refractivity contribution in [2.45, 2.75) is 47.0 Å². The third-order valence-corrected chi connectivity index (χ3v) is 4.47. The van der Waals surface area contributed by atoms with Crippen LogP contribution in [0, 0.1) is 18.3 Å². The number of hydrogen-bond acceptors (Lipinski definition) is 5. The molecule has 1 aliphatic rings. The number of carbonyl (C=O) groups excluding carboxylic acids is 1. The molecule has 0 amide bonds. The third kappa shape index (κ3) is 3.64. The Bertz CT molecular complexity index is 545. The monoisotopic (exact) mass is 305 g/mol. The number of piperidine rings is 1. The van der Waals surface area contributed by atoms with Crippen LogP contribution < -0.4 is 4.90 Å². The first-order valence-electron chi connectivity index (χ1n) is 8.07. The number of Topliss-reactive ketones (excluding diaryl/α,β-unsaturated/α-hetero) is 1. The predicted molar refractivity (Wildman–Crippen MR) is 87.2 cm³/mol. The quantitative estimate of drug-likeness (QED) is 0.847. The highest BCUT2D eigenvalue weighted by molar-refractivity contribution is 5.94. The Kier molecular flexibility index (Phi) is 5.16. The summed E-state index contributed by atoms with van der Waals surface area (Å²) in [6.45, 7) is 9.65. The fourth-order valence-electron chi connectivity index (χ4n) is 3.56. The predicted octanol–water partition coefficient (Wildman–Crippen LogP) is 2.61. The summed E-state index contributed by atoms with van der Waals surface area (Å²) >= 11 is 0. The molecule has 1 saturated heterocycles. The molecule has 0 bridgehead atoms. The molecule has 22 heavy (non-hydrogen) atoms. The first-order valence-corrected chi connectivity index (χ1v) is 8.07. The van der Waals surface area contributed by atoms with Crippen molar-refractivity contribution in [1.29, 1.82) is 0 Å². The maximum absolute atomic E-state index is 11.5. The number of aliphatic hydroxyl groups is 1. The fraction of sp³-hybridized carbons (Fsp3) is 0.706. The molecule has 1 fully saturated rings. The van der Waals surface area contributed by atoms with Crippen molar-refractivity contribution in [3.8, 4) is 0 Å². The van der Waals surface area contributed by atoms with Gasteiger partial charge in [-0.05, 0) is 39.0 Å². The highest BCUT2D eigenvalue weighted by Crippen LogP contribution is 2.36. The maximum atomic E-state index is 11.5. The minimum atomic E-state index is -0.0665. The molecule has 0 aromatic carbocycles. The summed E-state index contributed by atoms with van der Waals surface area (Å²) in [4.78, 5) is 22.5. The van der Waals surface area contributed by atoms with E-state index in [1.165, 1.54) is 6.92 Å². The Balaban J connectivity index is 2.22. The summed E-state index contributed by atoms with van der Waals surface area (Å²) in [6, 6.07) is 0. The van der Waals surface area contributed by atoms with Gasteiger partial charge in [-0.25, -0.2) is 9.97 Å². The summed E-state index contributed by atoms with van der Waals surface area (Å²) in [5, 5.41) is 9.91. The molecule has 5 nitrogen and oxygen atoms in total. The number of ketones is 1. The lowest BCUT2D eigenvalue weighted by atomic mass is 9.74. The van der Waals surface area contributed by atoms with Crippen molar-refractivity contribution in [2.75, 3.05) is 24.6 Å². The van der Waals surface area contributed by atoms with Gasteiger partial charge in [0.1, 0.15) is 0 Å². The summed E-state index contributed by atoms with van der Waals surface area (Å²) in [5.41, 5.74) is 1.24. The van der Waals surface area contributed by atoms with Crippen LogP contribution >= 0.6 is 0 Å². The number of aliphatic hydroxyl groups excluding tert-OH is 1. The molecule has 2 heterocycles. The van der Waals surface area contributed by atoms with Crippen LogP contribution in [0.2, 0.25) is 0 Å². The summed E-state index contributed by atoms with van der Waals surface area (Å²) in [5.74, 6) is 1.21. The van der Waals surface area contributed by atoms with E-state index in [0.717, 1.165) is 38.0 Å². The number of aryl methyl sites for hydroxylation is 1. The molecule has 2 rings (SSSR count). The number of anilines is 1. The number of aromatic nitrogens is 2. The van der Waals surface area contributed by atoms with Crippen LogP contribution in [0.3, 0.4) is 0 Å². The zero-order valence-electron chi connectivity index (χ0n) is 14.1. The van der Waals surface area contributed by atoms with Gasteiger partial charge in [0.2, 0.25) is 5.95 Å². The average molecular weight is 305 g/mol. The van der Waals surface area contributed by atoms with Crippen LogP contribution in [0.1, 0.15) is 56.1 Å². The molecule has 0 spiro atoms. The van der Waals surface area contributed by atoms with Gasteiger partial charge in [0.05, 0.1) is 17.9 Å². The fourth-order valence-corrected chi connectivity index (χ4v) is 3.56. The van der Waals surface area contributed by atoms with E-state index in [0.29, 0.717) is 17.4 Å². The van der Waals surface area contributed by atoms with Gasteiger partial charge in [0.15, 0.2) is 5.78 Å². The molecule has 0 radical (unpaired) electrons. The summed E-state index contributed by atoms with van der Waals surface area (Å²) in [7, 11) is 0. The number of carbonyl (C=O) groups is 1. The van der Waals surface area contributed by atoms with E-state index in [9.17, 15) is 9.90 Å². The molecule has 1 N–H and O–H groups in total. The van der Waals surface area contributed by atoms with E-state index >= 15 is 0 Å². The summed E-state index contributed by atoms with van der Waals surface area (Å²) in [6.07, 6.45) is 4.70. The van der Waals surface area contributed by atoms with E-state index < -0.39 is 0 Å². The van der Waals surface area contributed by atoms with E-state index in [4.69, 9.17) is 0 Å². The minimum Gasteiger partial charge on any atom is -0.396 e. The Morgan fingerprint density at radius 1 is 1.50 bits per heavy atom. The first-order chi connectivity index (χ1) is 10.4. The Morgan fingerprint density at radius 2 is 2.23 bits per heavy atom. The normalized spacial score (nSPS) is 22.2. The smallest absolute Gasteiger partial charge is 0.225 e. The van der Waals surface area contributed by atoms with Gasteiger partial charge in [0, 0.05) is 24.7 Å². The zero-order valence-corrected chi connectivity index (χ0v) is 14.1. The molecule has 1 aliphatic heterocycles. The Labute approximate surface area is 132 Å². The molecule has 5 heteroatoms. The van der Waals surface area contributed by atoms with Crippen molar-refractivity contribution >= 4 is 11.7 Å². The van der Waals surface area contributed by atoms with Crippen LogP contribution in [0.5, 0.6) is 0 Å². The highest BCUT2D eigenvalue weighted by Gasteiger charge is 2.36. The van der Waals surface area contributed by atoms with E-state index in [1.807, 2.05) is 6.92 Å². The molecule has 1 aromatic heterocycles. The second-order valence-electron chi connectivity index (χ2n) is 7.01. The largest absolute Gasteiger partial charge is 0.396 e.